The summed E-state index contributed by atoms with van der Waals surface area (Å²) in [5.74, 6) is -0.0615. The van der Waals surface area contributed by atoms with Gasteiger partial charge in [0.25, 0.3) is 5.91 Å². The molecule has 132 valence electrons. The van der Waals surface area contributed by atoms with Gasteiger partial charge in [-0.05, 0) is 34.6 Å². The topological polar surface area (TPSA) is 68.3 Å². The highest BCUT2D eigenvalue weighted by atomic mass is 16.6. The second-order valence-corrected chi connectivity index (χ2v) is 7.26. The van der Waals surface area contributed by atoms with Gasteiger partial charge in [-0.3, -0.25) is 4.79 Å². The number of hydrogen-bond acceptors (Lipinski definition) is 5. The van der Waals surface area contributed by atoms with Gasteiger partial charge in [-0.2, -0.15) is 0 Å². The van der Waals surface area contributed by atoms with Crippen LogP contribution in [-0.2, 0) is 19.0 Å². The molecule has 2 aliphatic rings. The molecular weight excluding hydrogens is 300 g/mol. The molecule has 0 aromatic heterocycles. The molecule has 0 aliphatic carbocycles. The lowest BCUT2D eigenvalue weighted by atomic mass is 10.1. The van der Waals surface area contributed by atoms with Crippen LogP contribution < -0.4 is 0 Å². The standard InChI is InChI=1S/C16H28N2O5/c1-11-8-17(15(20)23-16(3,4)5)9-12(2)18(11)14(19)13-10-21-6-7-22-13/h11-13H,6-10H2,1-5H3. The van der Waals surface area contributed by atoms with E-state index in [1.54, 1.807) is 9.80 Å². The Morgan fingerprint density at radius 1 is 1.09 bits per heavy atom. The van der Waals surface area contributed by atoms with E-state index in [9.17, 15) is 9.59 Å². The molecule has 0 saturated carbocycles. The van der Waals surface area contributed by atoms with E-state index in [1.165, 1.54) is 0 Å². The SMILES string of the molecule is CC1CN(C(=O)OC(C)(C)C)CC(C)N1C(=O)C1COCCO1. The summed E-state index contributed by atoms with van der Waals surface area (Å²) in [5, 5.41) is 0. The third-order valence-electron chi connectivity index (χ3n) is 3.92. The summed E-state index contributed by atoms with van der Waals surface area (Å²) >= 11 is 0. The van der Waals surface area contributed by atoms with Crippen LogP contribution in [0.1, 0.15) is 34.6 Å². The number of amides is 2. The van der Waals surface area contributed by atoms with Gasteiger partial charge < -0.3 is 24.0 Å². The van der Waals surface area contributed by atoms with Crippen LogP contribution in [0.3, 0.4) is 0 Å². The van der Waals surface area contributed by atoms with E-state index < -0.39 is 11.7 Å². The Balaban J connectivity index is 1.99. The Hall–Kier alpha value is -1.34. The average Bonchev–Trinajstić information content (AvgIpc) is 2.45. The van der Waals surface area contributed by atoms with Crippen LogP contribution in [-0.4, -0.2) is 78.5 Å². The Morgan fingerprint density at radius 3 is 2.17 bits per heavy atom. The van der Waals surface area contributed by atoms with Gasteiger partial charge in [0.1, 0.15) is 5.60 Å². The van der Waals surface area contributed by atoms with Crippen LogP contribution >= 0.6 is 0 Å². The number of nitrogens with zero attached hydrogens (tertiary/aromatic N) is 2. The minimum atomic E-state index is -0.540. The molecule has 2 amide bonds. The minimum Gasteiger partial charge on any atom is -0.444 e. The van der Waals surface area contributed by atoms with Crippen molar-refractivity contribution < 1.29 is 23.8 Å². The van der Waals surface area contributed by atoms with Gasteiger partial charge in [-0.1, -0.05) is 0 Å². The van der Waals surface area contributed by atoms with E-state index in [1.807, 2.05) is 34.6 Å². The molecule has 2 rings (SSSR count). The summed E-state index contributed by atoms with van der Waals surface area (Å²) in [6.07, 6.45) is -0.873. The Labute approximate surface area is 137 Å². The average molecular weight is 328 g/mol. The van der Waals surface area contributed by atoms with E-state index >= 15 is 0 Å². The fourth-order valence-corrected chi connectivity index (χ4v) is 3.03. The first-order valence-corrected chi connectivity index (χ1v) is 8.18. The van der Waals surface area contributed by atoms with Crippen molar-refractivity contribution in [3.8, 4) is 0 Å². The molecule has 0 spiro atoms. The van der Waals surface area contributed by atoms with Crippen LogP contribution in [0.5, 0.6) is 0 Å². The van der Waals surface area contributed by atoms with Crippen LogP contribution in [0.25, 0.3) is 0 Å². The number of ether oxygens (including phenoxy) is 3. The van der Waals surface area contributed by atoms with Crippen LogP contribution in [0, 0.1) is 0 Å². The summed E-state index contributed by atoms with van der Waals surface area (Å²) in [4.78, 5) is 28.4. The zero-order valence-corrected chi connectivity index (χ0v) is 14.7. The second kappa shape index (κ2) is 7.05. The highest BCUT2D eigenvalue weighted by Crippen LogP contribution is 2.21. The molecule has 2 heterocycles. The number of hydrogen-bond donors (Lipinski definition) is 0. The summed E-state index contributed by atoms with van der Waals surface area (Å²) < 4.78 is 16.3. The lowest BCUT2D eigenvalue weighted by Crippen LogP contribution is -2.62. The maximum atomic E-state index is 12.7. The van der Waals surface area contributed by atoms with Gasteiger partial charge in [0.15, 0.2) is 6.10 Å². The van der Waals surface area contributed by atoms with Crippen molar-refractivity contribution in [1.29, 1.82) is 0 Å². The number of piperazine rings is 1. The molecule has 0 aromatic carbocycles. The molecule has 23 heavy (non-hydrogen) atoms. The molecule has 0 bridgehead atoms. The van der Waals surface area contributed by atoms with E-state index in [-0.39, 0.29) is 24.1 Å². The van der Waals surface area contributed by atoms with E-state index in [2.05, 4.69) is 0 Å². The van der Waals surface area contributed by atoms with Crippen molar-refractivity contribution in [2.75, 3.05) is 32.9 Å². The zero-order chi connectivity index (χ0) is 17.2. The predicted molar refractivity (Wildman–Crippen MR) is 84.1 cm³/mol. The van der Waals surface area contributed by atoms with Gasteiger partial charge >= 0.3 is 6.09 Å². The first kappa shape index (κ1) is 18.0. The Kier molecular flexibility index (Phi) is 5.52. The Bertz CT molecular complexity index is 430. The maximum absolute atomic E-state index is 12.7. The largest absolute Gasteiger partial charge is 0.444 e. The quantitative estimate of drug-likeness (QED) is 0.725. The molecule has 3 unspecified atom stereocenters. The zero-order valence-electron chi connectivity index (χ0n) is 14.7. The number of carbonyl (C=O) groups is 2. The molecule has 0 N–H and O–H groups in total. The molecule has 2 saturated heterocycles. The number of carbonyl (C=O) groups excluding carboxylic acids is 2. The summed E-state index contributed by atoms with van der Waals surface area (Å²) in [5.41, 5.74) is -0.524. The predicted octanol–water partition coefficient (Wildman–Crippen LogP) is 1.26. The lowest BCUT2D eigenvalue weighted by molar-refractivity contribution is -0.165. The first-order chi connectivity index (χ1) is 10.7. The van der Waals surface area contributed by atoms with Gasteiger partial charge in [-0.25, -0.2) is 4.79 Å². The summed E-state index contributed by atoms with van der Waals surface area (Å²) in [7, 11) is 0. The minimum absolute atomic E-state index is 0.0615. The third kappa shape index (κ3) is 4.57. The highest BCUT2D eigenvalue weighted by molar-refractivity contribution is 5.82. The van der Waals surface area contributed by atoms with Gasteiger partial charge in [0.05, 0.1) is 19.8 Å². The fraction of sp³-hybridized carbons (Fsp3) is 0.875. The van der Waals surface area contributed by atoms with Crippen LogP contribution in [0.4, 0.5) is 4.79 Å². The number of rotatable bonds is 1. The maximum Gasteiger partial charge on any atom is 0.410 e. The van der Waals surface area contributed by atoms with Gasteiger partial charge in [0, 0.05) is 25.2 Å². The van der Waals surface area contributed by atoms with Crippen LogP contribution in [0.15, 0.2) is 0 Å². The van der Waals surface area contributed by atoms with Crippen LogP contribution in [0.2, 0.25) is 0 Å². The van der Waals surface area contributed by atoms with E-state index in [0.29, 0.717) is 32.9 Å². The summed E-state index contributed by atoms with van der Waals surface area (Å²) in [6, 6.07) is -0.186. The van der Waals surface area contributed by atoms with Crippen molar-refractivity contribution in [2.45, 2.75) is 58.4 Å². The van der Waals surface area contributed by atoms with Crippen molar-refractivity contribution in [3.63, 3.8) is 0 Å². The molecule has 7 nitrogen and oxygen atoms in total. The van der Waals surface area contributed by atoms with Gasteiger partial charge in [0.2, 0.25) is 0 Å². The monoisotopic (exact) mass is 328 g/mol. The second-order valence-electron chi connectivity index (χ2n) is 7.26. The normalized spacial score (nSPS) is 29.3. The lowest BCUT2D eigenvalue weighted by Gasteiger charge is -2.45. The Morgan fingerprint density at radius 2 is 1.70 bits per heavy atom. The molecule has 7 heteroatoms. The smallest absolute Gasteiger partial charge is 0.410 e. The van der Waals surface area contributed by atoms with Crippen molar-refractivity contribution >= 4 is 12.0 Å². The van der Waals surface area contributed by atoms with E-state index in [4.69, 9.17) is 14.2 Å². The van der Waals surface area contributed by atoms with Gasteiger partial charge in [-0.15, -0.1) is 0 Å². The summed E-state index contributed by atoms with van der Waals surface area (Å²) in [6.45, 7) is 11.6. The molecule has 0 radical (unpaired) electrons. The van der Waals surface area contributed by atoms with Crippen molar-refractivity contribution in [3.05, 3.63) is 0 Å². The first-order valence-electron chi connectivity index (χ1n) is 8.18. The van der Waals surface area contributed by atoms with Crippen molar-refractivity contribution in [2.24, 2.45) is 0 Å². The highest BCUT2D eigenvalue weighted by Gasteiger charge is 2.39. The molecule has 3 atom stereocenters. The third-order valence-corrected chi connectivity index (χ3v) is 3.92. The molecule has 2 fully saturated rings. The molecule has 2 aliphatic heterocycles. The van der Waals surface area contributed by atoms with E-state index in [0.717, 1.165) is 0 Å². The van der Waals surface area contributed by atoms with Crippen molar-refractivity contribution in [1.82, 2.24) is 9.80 Å². The molecule has 0 aromatic rings. The fourth-order valence-electron chi connectivity index (χ4n) is 3.03. The molecular formula is C16H28N2O5.